The van der Waals surface area contributed by atoms with Gasteiger partial charge in [0, 0.05) is 32.0 Å². The van der Waals surface area contributed by atoms with Crippen molar-refractivity contribution in [1.82, 2.24) is 4.90 Å². The Morgan fingerprint density at radius 1 is 1.19 bits per heavy atom. The Bertz CT molecular complexity index is 1010. The van der Waals surface area contributed by atoms with Gasteiger partial charge in [0.1, 0.15) is 23.2 Å². The van der Waals surface area contributed by atoms with E-state index in [2.05, 4.69) is 11.2 Å². The normalized spacial score (nSPS) is 20.8. The van der Waals surface area contributed by atoms with E-state index >= 15 is 0 Å². The zero-order valence-electron chi connectivity index (χ0n) is 21.4. The first-order chi connectivity index (χ1) is 17.4. The third-order valence-corrected chi connectivity index (χ3v) is 6.41. The third kappa shape index (κ3) is 8.14. The number of benzene rings is 1. The number of esters is 1. The average molecular weight is 499 g/mol. The van der Waals surface area contributed by atoms with Gasteiger partial charge in [-0.15, -0.1) is 0 Å². The van der Waals surface area contributed by atoms with Gasteiger partial charge in [0.15, 0.2) is 6.61 Å². The van der Waals surface area contributed by atoms with E-state index < -0.39 is 5.97 Å². The van der Waals surface area contributed by atoms with Gasteiger partial charge in [-0.3, -0.25) is 4.79 Å². The van der Waals surface area contributed by atoms with Gasteiger partial charge in [-0.2, -0.15) is 0 Å². The van der Waals surface area contributed by atoms with Crippen molar-refractivity contribution >= 4 is 17.6 Å². The van der Waals surface area contributed by atoms with E-state index in [1.807, 2.05) is 26.0 Å². The summed E-state index contributed by atoms with van der Waals surface area (Å²) in [6, 6.07) is 2.55. The molecule has 1 amide bonds. The largest absolute Gasteiger partial charge is 0.508 e. The molecule has 0 aliphatic carbocycles. The number of phenolic OH excluding ortho intramolecular Hbond substituents is 2. The molecular weight excluding hydrogens is 460 g/mol. The molecule has 0 spiro atoms. The molecule has 1 fully saturated rings. The molecule has 1 unspecified atom stereocenters. The molecule has 3 rings (SSSR count). The second-order valence-corrected chi connectivity index (χ2v) is 9.53. The number of amides is 1. The van der Waals surface area contributed by atoms with Crippen molar-refractivity contribution in [3.8, 4) is 11.5 Å². The van der Waals surface area contributed by atoms with E-state index in [-0.39, 0.29) is 42.1 Å². The van der Waals surface area contributed by atoms with Crippen molar-refractivity contribution in [2.75, 3.05) is 19.7 Å². The van der Waals surface area contributed by atoms with E-state index in [1.165, 1.54) is 6.07 Å². The quantitative estimate of drug-likeness (QED) is 0.335. The fraction of sp³-hybridized carbons (Fsp3) is 0.536. The lowest BCUT2D eigenvalue weighted by Crippen LogP contribution is -2.37. The Kier molecular flexibility index (Phi) is 10.4. The predicted molar refractivity (Wildman–Crippen MR) is 138 cm³/mol. The number of hydrogen-bond acceptors (Lipinski definition) is 7. The monoisotopic (exact) mass is 498 g/mol. The first kappa shape index (κ1) is 27.3. The minimum absolute atomic E-state index is 0.00177. The molecule has 36 heavy (non-hydrogen) atoms. The molecule has 196 valence electrons. The SMILES string of the molecule is CCCC1CC=CCCC(C)=CC(=NOCC(=O)N2CCCCC2)Cc2cc(O)cc(O)c2C(=O)O1. The zero-order chi connectivity index (χ0) is 25.9. The maximum Gasteiger partial charge on any atom is 0.342 e. The summed E-state index contributed by atoms with van der Waals surface area (Å²) < 4.78 is 5.75. The number of hydrogen-bond donors (Lipinski definition) is 2. The lowest BCUT2D eigenvalue weighted by atomic mass is 9.98. The van der Waals surface area contributed by atoms with E-state index in [9.17, 15) is 19.8 Å². The number of fused-ring (bicyclic) bond motifs is 1. The summed E-state index contributed by atoms with van der Waals surface area (Å²) in [5.41, 5.74) is 1.90. The van der Waals surface area contributed by atoms with E-state index in [1.54, 1.807) is 4.90 Å². The van der Waals surface area contributed by atoms with Gasteiger partial charge in [-0.05, 0) is 63.2 Å². The summed E-state index contributed by atoms with van der Waals surface area (Å²) in [6.45, 7) is 5.32. The van der Waals surface area contributed by atoms with Gasteiger partial charge in [0.25, 0.3) is 5.91 Å². The standard InChI is InChI=1S/C28H38N2O6/c1-3-10-24-12-7-4-6-11-20(2)15-22(29-35-19-26(33)30-13-8-5-9-14-30)16-21-17-23(31)18-25(32)27(21)28(34)36-24/h4,7,15,17-18,24,31-32H,3,5-6,8-14,16,19H2,1-2H3. The Morgan fingerprint density at radius 2 is 1.97 bits per heavy atom. The zero-order valence-corrected chi connectivity index (χ0v) is 21.4. The molecule has 8 heteroatoms. The highest BCUT2D eigenvalue weighted by molar-refractivity contribution is 6.01. The summed E-state index contributed by atoms with van der Waals surface area (Å²) in [5.74, 6) is -1.27. The highest BCUT2D eigenvalue weighted by Gasteiger charge is 2.24. The van der Waals surface area contributed by atoms with Crippen LogP contribution in [0.2, 0.25) is 0 Å². The molecule has 1 saturated heterocycles. The predicted octanol–water partition coefficient (Wildman–Crippen LogP) is 5.04. The maximum absolute atomic E-state index is 13.1. The lowest BCUT2D eigenvalue weighted by Gasteiger charge is -2.26. The number of likely N-dealkylation sites (tertiary alicyclic amines) is 1. The summed E-state index contributed by atoms with van der Waals surface area (Å²) in [4.78, 5) is 32.8. The minimum atomic E-state index is -0.646. The molecule has 0 saturated carbocycles. The molecule has 0 aromatic heterocycles. The van der Waals surface area contributed by atoms with Crippen LogP contribution in [0.1, 0.15) is 81.1 Å². The van der Waals surface area contributed by atoms with Crippen molar-refractivity contribution in [1.29, 1.82) is 0 Å². The van der Waals surface area contributed by atoms with Crippen molar-refractivity contribution < 1.29 is 29.4 Å². The van der Waals surface area contributed by atoms with Gasteiger partial charge in [0.2, 0.25) is 0 Å². The van der Waals surface area contributed by atoms with E-state index in [4.69, 9.17) is 9.57 Å². The summed E-state index contributed by atoms with van der Waals surface area (Å²) in [7, 11) is 0. The van der Waals surface area contributed by atoms with Crippen LogP contribution >= 0.6 is 0 Å². The van der Waals surface area contributed by atoms with Crippen LogP contribution in [0.25, 0.3) is 0 Å². The average Bonchev–Trinajstić information content (AvgIpc) is 2.83. The fourth-order valence-corrected chi connectivity index (χ4v) is 4.54. The van der Waals surface area contributed by atoms with Crippen molar-refractivity contribution in [2.24, 2.45) is 5.16 Å². The number of phenols is 2. The Balaban J connectivity index is 1.89. The second-order valence-electron chi connectivity index (χ2n) is 9.53. The molecule has 2 heterocycles. The van der Waals surface area contributed by atoms with Crippen LogP contribution in [0.15, 0.2) is 41.1 Å². The molecule has 2 N–H and O–H groups in total. The Hall–Kier alpha value is -3.29. The highest BCUT2D eigenvalue weighted by atomic mass is 16.6. The van der Waals surface area contributed by atoms with Crippen LogP contribution in [-0.2, 0) is 20.8 Å². The number of oxime groups is 1. The van der Waals surface area contributed by atoms with Gasteiger partial charge >= 0.3 is 5.97 Å². The number of ether oxygens (including phenoxy) is 1. The topological polar surface area (TPSA) is 109 Å². The number of rotatable bonds is 5. The van der Waals surface area contributed by atoms with Crippen LogP contribution in [-0.4, -0.2) is 58.5 Å². The van der Waals surface area contributed by atoms with Crippen LogP contribution < -0.4 is 0 Å². The highest BCUT2D eigenvalue weighted by Crippen LogP contribution is 2.30. The van der Waals surface area contributed by atoms with Crippen LogP contribution in [0, 0.1) is 0 Å². The minimum Gasteiger partial charge on any atom is -0.508 e. The Morgan fingerprint density at radius 3 is 2.72 bits per heavy atom. The second kappa shape index (κ2) is 13.7. The summed E-state index contributed by atoms with van der Waals surface area (Å²) in [6.07, 6.45) is 12.7. The van der Waals surface area contributed by atoms with Gasteiger partial charge < -0.3 is 24.7 Å². The van der Waals surface area contributed by atoms with E-state index in [0.717, 1.165) is 63.3 Å². The van der Waals surface area contributed by atoms with Crippen LogP contribution in [0.5, 0.6) is 11.5 Å². The summed E-state index contributed by atoms with van der Waals surface area (Å²) >= 11 is 0. The molecule has 0 bridgehead atoms. The molecular formula is C28H38N2O6. The molecule has 2 aliphatic heterocycles. The first-order valence-corrected chi connectivity index (χ1v) is 12.9. The molecule has 1 aromatic carbocycles. The number of piperidine rings is 1. The van der Waals surface area contributed by atoms with Gasteiger partial charge in [-0.25, -0.2) is 4.79 Å². The molecule has 2 aliphatic rings. The Labute approximate surface area is 213 Å². The number of aromatic hydroxyl groups is 2. The lowest BCUT2D eigenvalue weighted by molar-refractivity contribution is -0.137. The number of carbonyl (C=O) groups is 2. The van der Waals surface area contributed by atoms with Crippen molar-refractivity contribution in [2.45, 2.75) is 77.7 Å². The van der Waals surface area contributed by atoms with Gasteiger partial charge in [-0.1, -0.05) is 36.2 Å². The molecule has 1 aromatic rings. The summed E-state index contributed by atoms with van der Waals surface area (Å²) in [5, 5.41) is 24.9. The van der Waals surface area contributed by atoms with Crippen LogP contribution in [0.4, 0.5) is 0 Å². The molecule has 8 nitrogen and oxygen atoms in total. The number of allylic oxidation sites excluding steroid dienone is 3. The van der Waals surface area contributed by atoms with Crippen LogP contribution in [0.3, 0.4) is 0 Å². The van der Waals surface area contributed by atoms with Gasteiger partial charge in [0.05, 0.1) is 5.71 Å². The number of nitrogens with zero attached hydrogens (tertiary/aromatic N) is 2. The maximum atomic E-state index is 13.1. The molecule has 0 radical (unpaired) electrons. The third-order valence-electron chi connectivity index (χ3n) is 6.41. The molecule has 1 atom stereocenters. The number of carbonyl (C=O) groups excluding carboxylic acids is 2. The van der Waals surface area contributed by atoms with Crippen molar-refractivity contribution in [3.05, 3.63) is 47.1 Å². The first-order valence-electron chi connectivity index (χ1n) is 12.9. The van der Waals surface area contributed by atoms with E-state index in [0.29, 0.717) is 24.1 Å². The smallest absolute Gasteiger partial charge is 0.342 e. The number of cyclic esters (lactones) is 1. The fourth-order valence-electron chi connectivity index (χ4n) is 4.54. The van der Waals surface area contributed by atoms with Crippen molar-refractivity contribution in [3.63, 3.8) is 0 Å².